The summed E-state index contributed by atoms with van der Waals surface area (Å²) < 4.78 is 5.01. The van der Waals surface area contributed by atoms with E-state index in [0.717, 1.165) is 22.2 Å². The van der Waals surface area contributed by atoms with Crippen LogP contribution in [0.4, 0.5) is 5.69 Å². The number of rotatable bonds is 3. The van der Waals surface area contributed by atoms with Crippen molar-refractivity contribution in [3.8, 4) is 0 Å². The number of anilines is 1. The number of hydrogen-bond donors (Lipinski definition) is 0. The minimum atomic E-state index is -0.484. The Balaban J connectivity index is 1.95. The van der Waals surface area contributed by atoms with E-state index in [4.69, 9.17) is 12.2 Å². The highest BCUT2D eigenvalue weighted by Gasteiger charge is 2.39. The molecule has 1 amide bonds. The van der Waals surface area contributed by atoms with Gasteiger partial charge in [0, 0.05) is 11.4 Å². The van der Waals surface area contributed by atoms with E-state index in [1.165, 1.54) is 23.8 Å². The van der Waals surface area contributed by atoms with E-state index in [1.807, 2.05) is 31.2 Å². The Hall–Kier alpha value is -1.51. The summed E-state index contributed by atoms with van der Waals surface area (Å²) in [4.78, 5) is 29.2. The highest BCUT2D eigenvalue weighted by molar-refractivity contribution is 8.27. The lowest BCUT2D eigenvalue weighted by Crippen LogP contribution is -2.34. The number of ether oxygens (including phenoxy) is 1. The van der Waals surface area contributed by atoms with Crippen LogP contribution in [0.1, 0.15) is 6.92 Å². The number of nitrogens with zero attached hydrogens (tertiary/aromatic N) is 2. The molecule has 1 aromatic rings. The second-order valence-electron chi connectivity index (χ2n) is 4.78. The topological polar surface area (TPSA) is 49.9 Å². The number of thiocarbonyl (C=S) groups is 1. The fraction of sp³-hybridized carbons (Fsp3) is 0.267. The van der Waals surface area contributed by atoms with Crippen LogP contribution in [0.15, 0.2) is 39.1 Å². The molecule has 2 aliphatic heterocycles. The number of carbonyl (C=O) groups excluding carboxylic acids is 2. The van der Waals surface area contributed by atoms with Gasteiger partial charge in [0.2, 0.25) is 0 Å². The Bertz CT molecular complexity index is 732. The second kappa shape index (κ2) is 6.54. The Morgan fingerprint density at radius 1 is 1.26 bits per heavy atom. The summed E-state index contributed by atoms with van der Waals surface area (Å²) in [5.41, 5.74) is 1.09. The molecule has 23 heavy (non-hydrogen) atoms. The zero-order chi connectivity index (χ0) is 16.6. The highest BCUT2D eigenvalue weighted by Crippen LogP contribution is 2.50. The molecule has 0 bridgehead atoms. The van der Waals surface area contributed by atoms with Crippen molar-refractivity contribution in [1.82, 2.24) is 4.90 Å². The molecule has 1 aromatic carbocycles. The number of benzene rings is 1. The van der Waals surface area contributed by atoms with Gasteiger partial charge in [0.15, 0.2) is 0 Å². The lowest BCUT2D eigenvalue weighted by Gasteiger charge is -2.19. The van der Waals surface area contributed by atoms with Gasteiger partial charge >= 0.3 is 5.97 Å². The second-order valence-corrected chi connectivity index (χ2v) is 7.46. The van der Waals surface area contributed by atoms with E-state index in [9.17, 15) is 9.59 Å². The van der Waals surface area contributed by atoms with Crippen LogP contribution in [0.2, 0.25) is 0 Å². The Labute approximate surface area is 148 Å². The van der Waals surface area contributed by atoms with E-state index < -0.39 is 5.97 Å². The van der Waals surface area contributed by atoms with Crippen LogP contribution in [-0.2, 0) is 14.3 Å². The van der Waals surface area contributed by atoms with Gasteiger partial charge in [-0.25, -0.2) is 0 Å². The molecule has 120 valence electrons. The minimum Gasteiger partial charge on any atom is -0.468 e. The molecule has 0 unspecified atom stereocenters. The van der Waals surface area contributed by atoms with Crippen LogP contribution >= 0.6 is 35.7 Å². The van der Waals surface area contributed by atoms with E-state index >= 15 is 0 Å². The van der Waals surface area contributed by atoms with Gasteiger partial charge in [-0.1, -0.05) is 47.9 Å². The predicted octanol–water partition coefficient (Wildman–Crippen LogP) is 2.82. The third kappa shape index (κ3) is 2.86. The van der Waals surface area contributed by atoms with Crippen molar-refractivity contribution in [2.24, 2.45) is 0 Å². The number of amides is 1. The molecule has 0 aromatic heterocycles. The van der Waals surface area contributed by atoms with Gasteiger partial charge in [-0.05, 0) is 19.1 Å². The molecule has 1 fully saturated rings. The van der Waals surface area contributed by atoms with Gasteiger partial charge in [0.05, 0.1) is 12.8 Å². The fourth-order valence-electron chi connectivity index (χ4n) is 2.37. The van der Waals surface area contributed by atoms with Crippen LogP contribution in [0.25, 0.3) is 0 Å². The molecule has 0 radical (unpaired) electrons. The summed E-state index contributed by atoms with van der Waals surface area (Å²) in [7, 11) is 1.29. The first-order valence-electron chi connectivity index (χ1n) is 6.96. The maximum absolute atomic E-state index is 12.7. The van der Waals surface area contributed by atoms with E-state index in [0.29, 0.717) is 9.23 Å². The van der Waals surface area contributed by atoms with Crippen molar-refractivity contribution in [2.75, 3.05) is 25.1 Å². The van der Waals surface area contributed by atoms with Gasteiger partial charge < -0.3 is 9.64 Å². The van der Waals surface area contributed by atoms with Gasteiger partial charge in [-0.15, -0.1) is 0 Å². The summed E-state index contributed by atoms with van der Waals surface area (Å²) in [6.07, 6.45) is 0. The number of thioether (sulfide) groups is 2. The number of carbonyl (C=O) groups is 2. The standard InChI is InChI=1S/C15H14N2O3S3/c1-3-16-9-6-4-5-7-10(9)22-14(16)12-13(19)17(15(21)23-12)8-11(18)20-2/h4-7H,3,8H2,1-2H3/b14-12+. The van der Waals surface area contributed by atoms with Crippen LogP contribution in [0, 0.1) is 0 Å². The van der Waals surface area contributed by atoms with Crippen molar-refractivity contribution in [3.63, 3.8) is 0 Å². The van der Waals surface area contributed by atoms with E-state index in [-0.39, 0.29) is 12.5 Å². The van der Waals surface area contributed by atoms with Gasteiger partial charge in [0.1, 0.15) is 20.8 Å². The average molecular weight is 366 g/mol. The Morgan fingerprint density at radius 3 is 2.70 bits per heavy atom. The molecule has 0 aliphatic carbocycles. The number of para-hydroxylation sites is 1. The summed E-state index contributed by atoms with van der Waals surface area (Å²) >= 11 is 8.05. The largest absolute Gasteiger partial charge is 0.468 e. The van der Waals surface area contributed by atoms with Crippen LogP contribution in [-0.4, -0.2) is 41.3 Å². The zero-order valence-electron chi connectivity index (χ0n) is 12.6. The summed E-state index contributed by atoms with van der Waals surface area (Å²) in [6, 6.07) is 8.03. The first-order valence-corrected chi connectivity index (χ1v) is 9.00. The SMILES string of the molecule is CCN1/C(=C2\SC(=S)N(CC(=O)OC)C2=O)Sc2ccccc21. The third-order valence-electron chi connectivity index (χ3n) is 3.48. The van der Waals surface area contributed by atoms with Gasteiger partial charge in [-0.2, -0.15) is 0 Å². The Morgan fingerprint density at radius 2 is 2.00 bits per heavy atom. The van der Waals surface area contributed by atoms with Crippen LogP contribution in [0.3, 0.4) is 0 Å². The predicted molar refractivity (Wildman–Crippen MR) is 96.3 cm³/mol. The van der Waals surface area contributed by atoms with Crippen molar-refractivity contribution >= 4 is 57.6 Å². The van der Waals surface area contributed by atoms with Crippen molar-refractivity contribution in [3.05, 3.63) is 34.2 Å². The first-order chi connectivity index (χ1) is 11.1. The molecule has 0 spiro atoms. The molecule has 2 heterocycles. The molecule has 0 atom stereocenters. The van der Waals surface area contributed by atoms with Crippen LogP contribution < -0.4 is 4.90 Å². The number of hydrogen-bond acceptors (Lipinski definition) is 7. The molecule has 0 saturated carbocycles. The zero-order valence-corrected chi connectivity index (χ0v) is 15.0. The summed E-state index contributed by atoms with van der Waals surface area (Å²) in [5.74, 6) is -0.721. The molecule has 1 saturated heterocycles. The lowest BCUT2D eigenvalue weighted by atomic mass is 10.3. The third-order valence-corrected chi connectivity index (χ3v) is 6.23. The smallest absolute Gasteiger partial charge is 0.325 e. The summed E-state index contributed by atoms with van der Waals surface area (Å²) in [6.45, 7) is 2.64. The monoisotopic (exact) mass is 366 g/mol. The molecule has 8 heteroatoms. The lowest BCUT2D eigenvalue weighted by molar-refractivity contribution is -0.143. The normalized spacial score (nSPS) is 20.3. The van der Waals surface area contributed by atoms with Gasteiger partial charge in [0.25, 0.3) is 5.91 Å². The molecular weight excluding hydrogens is 352 g/mol. The number of fused-ring (bicyclic) bond motifs is 1. The average Bonchev–Trinajstić information content (AvgIpc) is 3.06. The van der Waals surface area contributed by atoms with Crippen molar-refractivity contribution < 1.29 is 14.3 Å². The maximum atomic E-state index is 12.7. The first kappa shape index (κ1) is 16.4. The maximum Gasteiger partial charge on any atom is 0.325 e. The highest BCUT2D eigenvalue weighted by atomic mass is 32.2. The number of esters is 1. The molecule has 5 nitrogen and oxygen atoms in total. The number of methoxy groups -OCH3 is 1. The van der Waals surface area contributed by atoms with Crippen molar-refractivity contribution in [2.45, 2.75) is 11.8 Å². The minimum absolute atomic E-state index is 0.151. The van der Waals surface area contributed by atoms with Crippen molar-refractivity contribution in [1.29, 1.82) is 0 Å². The quantitative estimate of drug-likeness (QED) is 0.463. The fourth-order valence-corrected chi connectivity index (χ4v) is 5.00. The Kier molecular flexibility index (Phi) is 4.65. The van der Waals surface area contributed by atoms with E-state index in [2.05, 4.69) is 9.64 Å². The molecule has 2 aliphatic rings. The summed E-state index contributed by atoms with van der Waals surface area (Å²) in [5, 5.41) is 0.874. The van der Waals surface area contributed by atoms with Gasteiger partial charge in [-0.3, -0.25) is 14.5 Å². The molecule has 3 rings (SSSR count). The molecule has 0 N–H and O–H groups in total. The molecular formula is C15H14N2O3S3. The van der Waals surface area contributed by atoms with Crippen LogP contribution in [0.5, 0.6) is 0 Å². The van der Waals surface area contributed by atoms with E-state index in [1.54, 1.807) is 11.8 Å².